The first-order valence-corrected chi connectivity index (χ1v) is 27.7. The Labute approximate surface area is 391 Å². The molecule has 1 saturated heterocycles. The molecule has 0 saturated carbocycles. The lowest BCUT2D eigenvalue weighted by Crippen LogP contribution is -2.54. The van der Waals surface area contributed by atoms with Crippen LogP contribution in [0.2, 0.25) is 0 Å². The molecule has 1 fully saturated rings. The van der Waals surface area contributed by atoms with E-state index in [9.17, 15) is 14.4 Å². The summed E-state index contributed by atoms with van der Waals surface area (Å²) in [6.45, 7) is 20.0. The summed E-state index contributed by atoms with van der Waals surface area (Å²) in [7, 11) is 1.46. The van der Waals surface area contributed by atoms with Crippen molar-refractivity contribution in [2.75, 3.05) is 92.2 Å². The van der Waals surface area contributed by atoms with Gasteiger partial charge in [0.2, 0.25) is 11.8 Å². The van der Waals surface area contributed by atoms with Crippen molar-refractivity contribution in [1.82, 2.24) is 24.5 Å². The molecule has 1 aliphatic rings. The zero-order valence-corrected chi connectivity index (χ0v) is 42.9. The van der Waals surface area contributed by atoms with Crippen LogP contribution >= 0.6 is 0 Å². The van der Waals surface area contributed by atoms with Crippen LogP contribution in [0.15, 0.2) is 0 Å². The fourth-order valence-corrected chi connectivity index (χ4v) is 9.18. The molecule has 9 heteroatoms. The van der Waals surface area contributed by atoms with Crippen molar-refractivity contribution >= 4 is 17.8 Å². The van der Waals surface area contributed by atoms with E-state index in [2.05, 4.69) is 42.4 Å². The van der Waals surface area contributed by atoms with Crippen LogP contribution in [0.1, 0.15) is 240 Å². The maximum atomic E-state index is 14.0. The SMILES string of the molecule is CCCCCCCCCN(CCCCCCCC)CCN(CCCCCCCCC)CC(=O)N1CCN(C(=O)CN(CCCCCCCCC)CCCCCCCC(=O)OC)CC1. The largest absolute Gasteiger partial charge is 0.469 e. The number of ether oxygens (including phenoxy) is 1. The normalized spacial score (nSPS) is 13.3. The van der Waals surface area contributed by atoms with E-state index in [4.69, 9.17) is 4.74 Å². The highest BCUT2D eigenvalue weighted by Crippen LogP contribution is 2.14. The summed E-state index contributed by atoms with van der Waals surface area (Å²) in [6, 6.07) is 0. The quantitative estimate of drug-likeness (QED) is 0.0445. The summed E-state index contributed by atoms with van der Waals surface area (Å²) in [5.74, 6) is 0.340. The lowest BCUT2D eigenvalue weighted by molar-refractivity contribution is -0.140. The van der Waals surface area contributed by atoms with Gasteiger partial charge < -0.3 is 19.4 Å². The van der Waals surface area contributed by atoms with Gasteiger partial charge in [-0.15, -0.1) is 0 Å². The molecule has 0 radical (unpaired) electrons. The summed E-state index contributed by atoms with van der Waals surface area (Å²) >= 11 is 0. The molecule has 63 heavy (non-hydrogen) atoms. The zero-order chi connectivity index (χ0) is 45.9. The number of hydrogen-bond donors (Lipinski definition) is 0. The molecule has 0 aromatic heterocycles. The first kappa shape index (κ1) is 59.3. The first-order valence-electron chi connectivity index (χ1n) is 27.7. The Kier molecular flexibility index (Phi) is 41.6. The fraction of sp³-hybridized carbons (Fsp3) is 0.944. The summed E-state index contributed by atoms with van der Waals surface area (Å²) in [5.41, 5.74) is 0. The van der Waals surface area contributed by atoms with Gasteiger partial charge in [-0.25, -0.2) is 0 Å². The summed E-state index contributed by atoms with van der Waals surface area (Å²) in [4.78, 5) is 50.8. The van der Waals surface area contributed by atoms with Gasteiger partial charge in [0.05, 0.1) is 20.2 Å². The third-order valence-corrected chi connectivity index (χ3v) is 13.6. The highest BCUT2D eigenvalue weighted by Gasteiger charge is 2.26. The highest BCUT2D eigenvalue weighted by atomic mass is 16.5. The maximum Gasteiger partial charge on any atom is 0.305 e. The van der Waals surface area contributed by atoms with Crippen molar-refractivity contribution in [2.24, 2.45) is 0 Å². The number of unbranched alkanes of at least 4 members (excludes halogenated alkanes) is 27. The van der Waals surface area contributed by atoms with Crippen molar-refractivity contribution in [3.63, 3.8) is 0 Å². The molecule has 0 N–H and O–H groups in total. The van der Waals surface area contributed by atoms with E-state index in [0.29, 0.717) is 45.7 Å². The van der Waals surface area contributed by atoms with E-state index >= 15 is 0 Å². The smallest absolute Gasteiger partial charge is 0.305 e. The zero-order valence-electron chi connectivity index (χ0n) is 42.9. The molecule has 0 aliphatic carbocycles. The Morgan fingerprint density at radius 2 is 0.603 bits per heavy atom. The van der Waals surface area contributed by atoms with Gasteiger partial charge >= 0.3 is 5.97 Å². The summed E-state index contributed by atoms with van der Waals surface area (Å²) in [6.07, 6.45) is 41.1. The number of piperazine rings is 1. The van der Waals surface area contributed by atoms with Crippen molar-refractivity contribution in [1.29, 1.82) is 0 Å². The van der Waals surface area contributed by atoms with Gasteiger partial charge in [0.15, 0.2) is 0 Å². The number of methoxy groups -OCH3 is 1. The minimum absolute atomic E-state index is 0.120. The number of nitrogens with zero attached hydrogens (tertiary/aromatic N) is 5. The second-order valence-electron chi connectivity index (χ2n) is 19.4. The van der Waals surface area contributed by atoms with Gasteiger partial charge in [0.1, 0.15) is 0 Å². The average molecular weight is 890 g/mol. The molecule has 0 unspecified atom stereocenters. The molecule has 0 spiro atoms. The Bertz CT molecular complexity index is 1040. The topological polar surface area (TPSA) is 76.6 Å². The van der Waals surface area contributed by atoms with E-state index in [1.54, 1.807) is 0 Å². The molecule has 9 nitrogen and oxygen atoms in total. The van der Waals surface area contributed by atoms with Gasteiger partial charge in [-0.2, -0.15) is 0 Å². The molecule has 0 aromatic rings. The van der Waals surface area contributed by atoms with E-state index in [0.717, 1.165) is 71.2 Å². The number of carbonyl (C=O) groups is 3. The average Bonchev–Trinajstić information content (AvgIpc) is 3.29. The third kappa shape index (κ3) is 35.2. The molecule has 0 bridgehead atoms. The maximum absolute atomic E-state index is 14.0. The Balaban J connectivity index is 2.77. The predicted molar refractivity (Wildman–Crippen MR) is 270 cm³/mol. The van der Waals surface area contributed by atoms with Crippen LogP contribution < -0.4 is 0 Å². The lowest BCUT2D eigenvalue weighted by Gasteiger charge is -2.37. The molecular weight excluding hydrogens is 783 g/mol. The van der Waals surface area contributed by atoms with Gasteiger partial charge in [0, 0.05) is 45.7 Å². The number of rotatable bonds is 46. The highest BCUT2D eigenvalue weighted by molar-refractivity contribution is 5.80. The van der Waals surface area contributed by atoms with Crippen LogP contribution in [-0.4, -0.2) is 134 Å². The molecule has 2 amide bonds. The van der Waals surface area contributed by atoms with E-state index < -0.39 is 0 Å². The summed E-state index contributed by atoms with van der Waals surface area (Å²) in [5, 5.41) is 0. The molecule has 372 valence electrons. The van der Waals surface area contributed by atoms with Crippen LogP contribution in [-0.2, 0) is 19.1 Å². The number of esters is 1. The molecule has 0 atom stereocenters. The molecule has 1 heterocycles. The molecule has 1 rings (SSSR count). The lowest BCUT2D eigenvalue weighted by atomic mass is 10.1. The summed E-state index contributed by atoms with van der Waals surface area (Å²) < 4.78 is 4.78. The second-order valence-corrected chi connectivity index (χ2v) is 19.4. The molecule has 0 aromatic carbocycles. The monoisotopic (exact) mass is 890 g/mol. The van der Waals surface area contributed by atoms with E-state index in [1.165, 1.54) is 187 Å². The van der Waals surface area contributed by atoms with Gasteiger partial charge in [-0.1, -0.05) is 195 Å². The molecular formula is C54H107N5O4. The third-order valence-electron chi connectivity index (χ3n) is 13.6. The van der Waals surface area contributed by atoms with Crippen LogP contribution in [0.25, 0.3) is 0 Å². The Hall–Kier alpha value is -1.71. The predicted octanol–water partition coefficient (Wildman–Crippen LogP) is 12.7. The van der Waals surface area contributed by atoms with Crippen molar-refractivity contribution in [2.45, 2.75) is 240 Å². The Morgan fingerprint density at radius 3 is 0.921 bits per heavy atom. The van der Waals surface area contributed by atoms with Gasteiger partial charge in [0.25, 0.3) is 0 Å². The van der Waals surface area contributed by atoms with E-state index in [1.807, 2.05) is 9.80 Å². The van der Waals surface area contributed by atoms with Crippen LogP contribution in [0.5, 0.6) is 0 Å². The number of carbonyl (C=O) groups excluding carboxylic acids is 3. The van der Waals surface area contributed by atoms with Crippen molar-refractivity contribution in [3.8, 4) is 0 Å². The fourth-order valence-electron chi connectivity index (χ4n) is 9.18. The van der Waals surface area contributed by atoms with Crippen LogP contribution in [0.3, 0.4) is 0 Å². The van der Waals surface area contributed by atoms with Crippen LogP contribution in [0, 0.1) is 0 Å². The van der Waals surface area contributed by atoms with Crippen LogP contribution in [0.4, 0.5) is 0 Å². The van der Waals surface area contributed by atoms with Gasteiger partial charge in [-0.3, -0.25) is 24.2 Å². The first-order chi connectivity index (χ1) is 30.9. The van der Waals surface area contributed by atoms with Gasteiger partial charge in [-0.05, 0) is 71.2 Å². The Morgan fingerprint density at radius 1 is 0.349 bits per heavy atom. The second kappa shape index (κ2) is 44.1. The van der Waals surface area contributed by atoms with Crippen molar-refractivity contribution < 1.29 is 19.1 Å². The molecule has 1 aliphatic heterocycles. The minimum atomic E-state index is -0.120. The van der Waals surface area contributed by atoms with E-state index in [-0.39, 0.29) is 17.8 Å². The standard InChI is InChI=1S/C54H107N5O4/c1-6-10-14-18-22-28-34-40-55(39-33-27-21-17-13-9-4)44-45-57(43-37-30-24-20-16-12-8-3)51-53(61)59-48-46-58(47-49-59)52(60)50-56(41-35-29-23-19-15-11-7-2)42-36-31-25-26-32-38-54(62)63-5/h6-51H2,1-5H3. The number of amides is 2. The van der Waals surface area contributed by atoms with Crippen molar-refractivity contribution in [3.05, 3.63) is 0 Å². The minimum Gasteiger partial charge on any atom is -0.469 e. The number of hydrogen-bond acceptors (Lipinski definition) is 7.